The summed E-state index contributed by atoms with van der Waals surface area (Å²) in [6.07, 6.45) is 10.8. The van der Waals surface area contributed by atoms with Crippen LogP contribution in [0.15, 0.2) is 55.0 Å². The number of halogens is 2. The molecule has 4 rings (SSSR count). The van der Waals surface area contributed by atoms with Gasteiger partial charge in [0.1, 0.15) is 5.82 Å². The van der Waals surface area contributed by atoms with Crippen molar-refractivity contribution >= 4 is 17.3 Å². The number of nitrogens with zero attached hydrogens (tertiary/aromatic N) is 2. The van der Waals surface area contributed by atoms with Crippen molar-refractivity contribution in [2.24, 2.45) is 11.7 Å². The SMILES string of the molecule is NC1CCC(Cc2cc(-c3cncc(NCc4ccc(F)cc4)c3)c(Cl)cn2)CC1. The molecule has 0 bridgehead atoms. The highest BCUT2D eigenvalue weighted by Crippen LogP contribution is 2.31. The van der Waals surface area contributed by atoms with E-state index in [2.05, 4.69) is 21.4 Å². The molecule has 1 fully saturated rings. The monoisotopic (exact) mass is 424 g/mol. The molecule has 0 aliphatic heterocycles. The summed E-state index contributed by atoms with van der Waals surface area (Å²) >= 11 is 6.47. The highest BCUT2D eigenvalue weighted by molar-refractivity contribution is 6.33. The molecule has 3 N–H and O–H groups in total. The first kappa shape index (κ1) is 20.8. The molecule has 1 aliphatic carbocycles. The molecule has 1 saturated carbocycles. The molecule has 0 atom stereocenters. The van der Waals surface area contributed by atoms with Gasteiger partial charge in [0.05, 0.1) is 10.7 Å². The molecular weight excluding hydrogens is 399 g/mol. The van der Waals surface area contributed by atoms with E-state index in [1.807, 2.05) is 12.3 Å². The Morgan fingerprint density at radius 3 is 2.57 bits per heavy atom. The van der Waals surface area contributed by atoms with Gasteiger partial charge in [-0.25, -0.2) is 4.39 Å². The minimum Gasteiger partial charge on any atom is -0.380 e. The summed E-state index contributed by atoms with van der Waals surface area (Å²) < 4.78 is 13.1. The molecule has 0 spiro atoms. The zero-order chi connectivity index (χ0) is 20.9. The number of pyridine rings is 2. The van der Waals surface area contributed by atoms with E-state index in [0.717, 1.165) is 60.2 Å². The lowest BCUT2D eigenvalue weighted by atomic mass is 9.83. The molecule has 3 aromatic rings. The van der Waals surface area contributed by atoms with Crippen LogP contribution in [0.2, 0.25) is 5.02 Å². The van der Waals surface area contributed by atoms with Gasteiger partial charge < -0.3 is 11.1 Å². The smallest absolute Gasteiger partial charge is 0.123 e. The Morgan fingerprint density at radius 2 is 1.80 bits per heavy atom. The Kier molecular flexibility index (Phi) is 6.60. The third kappa shape index (κ3) is 5.35. The van der Waals surface area contributed by atoms with Gasteiger partial charge in [-0.15, -0.1) is 0 Å². The standard InChI is InChI=1S/C24H26ClFN4/c25-24-15-30-21(9-16-3-7-20(27)8-4-16)11-23(24)18-10-22(14-28-13-18)29-12-17-1-5-19(26)6-2-17/h1-2,5-6,10-11,13-16,20,29H,3-4,7-9,12,27H2. The van der Waals surface area contributed by atoms with Crippen LogP contribution in [0.4, 0.5) is 10.1 Å². The van der Waals surface area contributed by atoms with Crippen molar-refractivity contribution in [1.29, 1.82) is 0 Å². The van der Waals surface area contributed by atoms with Gasteiger partial charge in [0.25, 0.3) is 0 Å². The van der Waals surface area contributed by atoms with Crippen molar-refractivity contribution in [2.45, 2.75) is 44.7 Å². The highest BCUT2D eigenvalue weighted by Gasteiger charge is 2.19. The van der Waals surface area contributed by atoms with E-state index in [4.69, 9.17) is 17.3 Å². The maximum absolute atomic E-state index is 13.1. The molecule has 30 heavy (non-hydrogen) atoms. The van der Waals surface area contributed by atoms with Gasteiger partial charge in [-0.05, 0) is 67.9 Å². The topological polar surface area (TPSA) is 63.8 Å². The normalized spacial score (nSPS) is 18.9. The van der Waals surface area contributed by atoms with Crippen LogP contribution in [0.25, 0.3) is 11.1 Å². The van der Waals surface area contributed by atoms with Crippen molar-refractivity contribution < 1.29 is 4.39 Å². The van der Waals surface area contributed by atoms with Gasteiger partial charge in [0, 0.05) is 48.0 Å². The molecular formula is C24H26ClFN4. The number of hydrogen-bond donors (Lipinski definition) is 2. The predicted octanol–water partition coefficient (Wildman–Crippen LogP) is 5.61. The summed E-state index contributed by atoms with van der Waals surface area (Å²) in [5, 5.41) is 3.95. The first-order valence-electron chi connectivity index (χ1n) is 10.4. The molecule has 0 radical (unpaired) electrons. The lowest BCUT2D eigenvalue weighted by Crippen LogP contribution is -2.27. The van der Waals surface area contributed by atoms with Crippen molar-refractivity contribution in [3.63, 3.8) is 0 Å². The molecule has 6 heteroatoms. The number of rotatable bonds is 6. The second kappa shape index (κ2) is 9.54. The summed E-state index contributed by atoms with van der Waals surface area (Å²) in [5.74, 6) is 0.398. The second-order valence-electron chi connectivity index (χ2n) is 8.08. The Balaban J connectivity index is 1.47. The maximum atomic E-state index is 13.1. The number of benzene rings is 1. The summed E-state index contributed by atoms with van der Waals surface area (Å²) in [5.41, 5.74) is 10.8. The molecule has 0 amide bonds. The van der Waals surface area contributed by atoms with Gasteiger partial charge >= 0.3 is 0 Å². The number of nitrogens with one attached hydrogen (secondary N) is 1. The van der Waals surface area contributed by atoms with Gasteiger partial charge in [0.15, 0.2) is 0 Å². The second-order valence-corrected chi connectivity index (χ2v) is 8.49. The largest absolute Gasteiger partial charge is 0.380 e. The Bertz CT molecular complexity index is 985. The van der Waals surface area contributed by atoms with E-state index < -0.39 is 0 Å². The minimum absolute atomic E-state index is 0.235. The van der Waals surface area contributed by atoms with Crippen LogP contribution in [0, 0.1) is 11.7 Å². The molecule has 4 nitrogen and oxygen atoms in total. The zero-order valence-electron chi connectivity index (χ0n) is 16.8. The van der Waals surface area contributed by atoms with E-state index in [1.54, 1.807) is 24.5 Å². The van der Waals surface area contributed by atoms with Gasteiger partial charge in [-0.3, -0.25) is 9.97 Å². The molecule has 2 aromatic heterocycles. The molecule has 2 heterocycles. The van der Waals surface area contributed by atoms with E-state index in [1.165, 1.54) is 12.1 Å². The van der Waals surface area contributed by atoms with E-state index >= 15 is 0 Å². The fourth-order valence-corrected chi connectivity index (χ4v) is 4.21. The van der Waals surface area contributed by atoms with Gasteiger partial charge in [0.2, 0.25) is 0 Å². The van der Waals surface area contributed by atoms with Crippen LogP contribution < -0.4 is 11.1 Å². The molecule has 156 valence electrons. The van der Waals surface area contributed by atoms with Crippen LogP contribution >= 0.6 is 11.6 Å². The number of aromatic nitrogens is 2. The molecule has 1 aliphatic rings. The summed E-state index contributed by atoms with van der Waals surface area (Å²) in [6, 6.07) is 10.9. The van der Waals surface area contributed by atoms with E-state index in [-0.39, 0.29) is 5.82 Å². The number of nitrogens with two attached hydrogens (primary N) is 1. The first-order valence-corrected chi connectivity index (χ1v) is 10.8. The maximum Gasteiger partial charge on any atom is 0.123 e. The molecule has 0 unspecified atom stereocenters. The zero-order valence-corrected chi connectivity index (χ0v) is 17.6. The van der Waals surface area contributed by atoms with Gasteiger partial charge in [-0.2, -0.15) is 0 Å². The van der Waals surface area contributed by atoms with E-state index in [0.29, 0.717) is 23.5 Å². The highest BCUT2D eigenvalue weighted by atomic mass is 35.5. The lowest BCUT2D eigenvalue weighted by molar-refractivity contribution is 0.323. The van der Waals surface area contributed by atoms with Crippen molar-refractivity contribution in [3.05, 3.63) is 77.1 Å². The van der Waals surface area contributed by atoms with Crippen molar-refractivity contribution in [2.75, 3.05) is 5.32 Å². The average Bonchev–Trinajstić information content (AvgIpc) is 2.76. The van der Waals surface area contributed by atoms with Crippen molar-refractivity contribution in [3.8, 4) is 11.1 Å². The third-order valence-electron chi connectivity index (χ3n) is 5.76. The van der Waals surface area contributed by atoms with Crippen LogP contribution in [-0.2, 0) is 13.0 Å². The fraction of sp³-hybridized carbons (Fsp3) is 0.333. The van der Waals surface area contributed by atoms with Gasteiger partial charge in [-0.1, -0.05) is 23.7 Å². The van der Waals surface area contributed by atoms with Crippen LogP contribution in [0.1, 0.15) is 36.9 Å². The summed E-state index contributed by atoms with van der Waals surface area (Å²) in [6.45, 7) is 0.588. The summed E-state index contributed by atoms with van der Waals surface area (Å²) in [4.78, 5) is 8.92. The lowest BCUT2D eigenvalue weighted by Gasteiger charge is -2.25. The van der Waals surface area contributed by atoms with E-state index in [9.17, 15) is 4.39 Å². The van der Waals surface area contributed by atoms with Crippen LogP contribution in [-0.4, -0.2) is 16.0 Å². The number of hydrogen-bond acceptors (Lipinski definition) is 4. The first-order chi connectivity index (χ1) is 14.6. The van der Waals surface area contributed by atoms with Crippen LogP contribution in [0.5, 0.6) is 0 Å². The molecule has 0 saturated heterocycles. The molecule has 1 aromatic carbocycles. The van der Waals surface area contributed by atoms with Crippen LogP contribution in [0.3, 0.4) is 0 Å². The Labute approximate surface area is 181 Å². The van der Waals surface area contributed by atoms with Crippen molar-refractivity contribution in [1.82, 2.24) is 9.97 Å². The Morgan fingerprint density at radius 1 is 1.03 bits per heavy atom. The quantitative estimate of drug-likeness (QED) is 0.540. The third-order valence-corrected chi connectivity index (χ3v) is 6.06. The average molecular weight is 425 g/mol. The Hall–Kier alpha value is -2.50. The number of anilines is 1. The predicted molar refractivity (Wildman–Crippen MR) is 120 cm³/mol. The minimum atomic E-state index is -0.235. The summed E-state index contributed by atoms with van der Waals surface area (Å²) in [7, 11) is 0. The fourth-order valence-electron chi connectivity index (χ4n) is 3.99.